The molecule has 0 saturated carbocycles. The molecule has 4 heteroatoms. The van der Waals surface area contributed by atoms with Crippen molar-refractivity contribution in [3.63, 3.8) is 0 Å². The van der Waals surface area contributed by atoms with E-state index in [2.05, 4.69) is 37.8 Å². The molecule has 1 fully saturated rings. The zero-order valence-electron chi connectivity index (χ0n) is 12.0. The van der Waals surface area contributed by atoms with Gasteiger partial charge in [0, 0.05) is 31.4 Å². The maximum absolute atomic E-state index is 12.3. The Labute approximate surface area is 115 Å². The van der Waals surface area contributed by atoms with Crippen LogP contribution in [0.3, 0.4) is 0 Å². The van der Waals surface area contributed by atoms with Gasteiger partial charge in [-0.3, -0.25) is 9.69 Å². The molecule has 1 unspecified atom stereocenters. The third-order valence-electron chi connectivity index (χ3n) is 3.86. The van der Waals surface area contributed by atoms with Gasteiger partial charge in [-0.15, -0.1) is 0 Å². The number of rotatable bonds is 3. The van der Waals surface area contributed by atoms with E-state index < -0.39 is 0 Å². The van der Waals surface area contributed by atoms with Crippen molar-refractivity contribution in [1.29, 1.82) is 0 Å². The molecule has 0 radical (unpaired) electrons. The summed E-state index contributed by atoms with van der Waals surface area (Å²) in [5.41, 5.74) is 9.09. The summed E-state index contributed by atoms with van der Waals surface area (Å²) >= 11 is 0. The summed E-state index contributed by atoms with van der Waals surface area (Å²) in [6.45, 7) is 8.89. The largest absolute Gasteiger partial charge is 0.329 e. The van der Waals surface area contributed by atoms with Crippen molar-refractivity contribution in [2.24, 2.45) is 5.73 Å². The minimum absolute atomic E-state index is 0.165. The normalized spacial score (nSPS) is 18.7. The number of nitrogens with two attached hydrogens (primary N) is 1. The first-order valence-corrected chi connectivity index (χ1v) is 6.84. The van der Waals surface area contributed by atoms with Crippen LogP contribution in [0.4, 0.5) is 5.69 Å². The zero-order chi connectivity index (χ0) is 14.0. The van der Waals surface area contributed by atoms with Crippen molar-refractivity contribution in [1.82, 2.24) is 4.90 Å². The van der Waals surface area contributed by atoms with Gasteiger partial charge in [-0.05, 0) is 32.4 Å². The Balaban J connectivity index is 2.14. The lowest BCUT2D eigenvalue weighted by atomic mass is 10.1. The van der Waals surface area contributed by atoms with Crippen LogP contribution in [0.15, 0.2) is 18.2 Å². The number of benzene rings is 1. The van der Waals surface area contributed by atoms with Crippen LogP contribution in [0.25, 0.3) is 0 Å². The quantitative estimate of drug-likeness (QED) is 0.892. The van der Waals surface area contributed by atoms with E-state index in [0.717, 1.165) is 24.3 Å². The van der Waals surface area contributed by atoms with E-state index >= 15 is 0 Å². The highest BCUT2D eigenvalue weighted by Gasteiger charge is 2.27. The van der Waals surface area contributed by atoms with Crippen molar-refractivity contribution in [2.45, 2.75) is 26.8 Å². The highest BCUT2D eigenvalue weighted by Crippen LogP contribution is 2.23. The number of anilines is 1. The molecule has 1 aliphatic heterocycles. The van der Waals surface area contributed by atoms with Crippen LogP contribution < -0.4 is 10.6 Å². The molecule has 104 valence electrons. The Kier molecular flexibility index (Phi) is 4.22. The molecule has 1 saturated heterocycles. The van der Waals surface area contributed by atoms with Crippen LogP contribution in [-0.4, -0.2) is 43.0 Å². The van der Waals surface area contributed by atoms with Gasteiger partial charge < -0.3 is 10.6 Å². The van der Waals surface area contributed by atoms with E-state index in [9.17, 15) is 4.79 Å². The molecular formula is C15H23N3O. The topological polar surface area (TPSA) is 49.6 Å². The number of carbonyl (C=O) groups excluding carboxylic acids is 1. The molecule has 1 heterocycles. The maximum Gasteiger partial charge on any atom is 0.241 e. The molecule has 19 heavy (non-hydrogen) atoms. The summed E-state index contributed by atoms with van der Waals surface area (Å²) in [5, 5.41) is 0. The van der Waals surface area contributed by atoms with Crippen LogP contribution in [0.1, 0.15) is 18.1 Å². The predicted octanol–water partition coefficient (Wildman–Crippen LogP) is 1.30. The first-order valence-electron chi connectivity index (χ1n) is 6.84. The van der Waals surface area contributed by atoms with Crippen molar-refractivity contribution in [3.8, 4) is 0 Å². The van der Waals surface area contributed by atoms with Gasteiger partial charge in [-0.1, -0.05) is 17.7 Å². The molecule has 1 atom stereocenters. The summed E-state index contributed by atoms with van der Waals surface area (Å²) in [7, 11) is 0. The fraction of sp³-hybridized carbons (Fsp3) is 0.533. The second-order valence-electron chi connectivity index (χ2n) is 5.39. The highest BCUT2D eigenvalue weighted by molar-refractivity contribution is 5.96. The highest BCUT2D eigenvalue weighted by atomic mass is 16.2. The third kappa shape index (κ3) is 2.96. The molecular weight excluding hydrogens is 238 g/mol. The fourth-order valence-corrected chi connectivity index (χ4v) is 2.58. The molecule has 0 aliphatic carbocycles. The van der Waals surface area contributed by atoms with E-state index in [1.54, 1.807) is 0 Å². The molecule has 2 N–H and O–H groups in total. The second kappa shape index (κ2) is 5.72. The summed E-state index contributed by atoms with van der Waals surface area (Å²) in [6, 6.07) is 6.50. The standard InChI is InChI=1S/C15H23N3O/c1-11-4-5-14(12(2)8-11)18-7-6-17(10-15(18)19)13(3)9-16/h4-5,8,13H,6-7,9-10,16H2,1-3H3. The van der Waals surface area contributed by atoms with Crippen LogP contribution in [0, 0.1) is 13.8 Å². The monoisotopic (exact) mass is 261 g/mol. The molecule has 0 aromatic heterocycles. The van der Waals surface area contributed by atoms with E-state index in [1.807, 2.05) is 11.0 Å². The van der Waals surface area contributed by atoms with E-state index in [1.165, 1.54) is 5.56 Å². The van der Waals surface area contributed by atoms with Gasteiger partial charge in [0.2, 0.25) is 5.91 Å². The van der Waals surface area contributed by atoms with Gasteiger partial charge in [0.1, 0.15) is 0 Å². The lowest BCUT2D eigenvalue weighted by molar-refractivity contribution is -0.121. The van der Waals surface area contributed by atoms with Gasteiger partial charge in [0.15, 0.2) is 0 Å². The summed E-state index contributed by atoms with van der Waals surface area (Å²) in [4.78, 5) is 16.4. The lowest BCUT2D eigenvalue weighted by Crippen LogP contribution is -2.54. The minimum atomic E-state index is 0.165. The Bertz CT molecular complexity index is 472. The number of nitrogens with zero attached hydrogens (tertiary/aromatic N) is 2. The number of piperazine rings is 1. The Morgan fingerprint density at radius 2 is 2.05 bits per heavy atom. The van der Waals surface area contributed by atoms with Crippen molar-refractivity contribution in [2.75, 3.05) is 31.1 Å². The minimum Gasteiger partial charge on any atom is -0.329 e. The van der Waals surface area contributed by atoms with Crippen molar-refractivity contribution in [3.05, 3.63) is 29.3 Å². The fourth-order valence-electron chi connectivity index (χ4n) is 2.58. The second-order valence-corrected chi connectivity index (χ2v) is 5.39. The number of hydrogen-bond donors (Lipinski definition) is 1. The number of hydrogen-bond acceptors (Lipinski definition) is 3. The van der Waals surface area contributed by atoms with E-state index in [-0.39, 0.29) is 11.9 Å². The molecule has 1 aromatic carbocycles. The Morgan fingerprint density at radius 1 is 1.32 bits per heavy atom. The molecule has 1 amide bonds. The summed E-state index contributed by atoms with van der Waals surface area (Å²) < 4.78 is 0. The number of carbonyl (C=O) groups is 1. The number of aryl methyl sites for hydroxylation is 2. The van der Waals surface area contributed by atoms with Crippen molar-refractivity contribution < 1.29 is 4.79 Å². The van der Waals surface area contributed by atoms with Gasteiger partial charge >= 0.3 is 0 Å². The van der Waals surface area contributed by atoms with Crippen LogP contribution in [0.5, 0.6) is 0 Å². The number of amides is 1. The van der Waals surface area contributed by atoms with Gasteiger partial charge in [0.25, 0.3) is 0 Å². The first kappa shape index (κ1) is 14.0. The van der Waals surface area contributed by atoms with Gasteiger partial charge in [0.05, 0.1) is 6.54 Å². The maximum atomic E-state index is 12.3. The molecule has 1 aliphatic rings. The third-order valence-corrected chi connectivity index (χ3v) is 3.86. The zero-order valence-corrected chi connectivity index (χ0v) is 12.0. The van der Waals surface area contributed by atoms with Crippen LogP contribution in [0.2, 0.25) is 0 Å². The lowest BCUT2D eigenvalue weighted by Gasteiger charge is -2.37. The summed E-state index contributed by atoms with van der Waals surface area (Å²) in [6.07, 6.45) is 0. The van der Waals surface area contributed by atoms with E-state index in [0.29, 0.717) is 13.1 Å². The van der Waals surface area contributed by atoms with Crippen LogP contribution >= 0.6 is 0 Å². The van der Waals surface area contributed by atoms with Crippen molar-refractivity contribution >= 4 is 11.6 Å². The average Bonchev–Trinajstić information content (AvgIpc) is 2.38. The first-order chi connectivity index (χ1) is 9.02. The van der Waals surface area contributed by atoms with Gasteiger partial charge in [-0.2, -0.15) is 0 Å². The molecule has 1 aromatic rings. The molecule has 2 rings (SSSR count). The summed E-state index contributed by atoms with van der Waals surface area (Å²) in [5.74, 6) is 0.165. The molecule has 0 spiro atoms. The van der Waals surface area contributed by atoms with E-state index in [4.69, 9.17) is 5.73 Å². The SMILES string of the molecule is Cc1ccc(N2CCN(C(C)CN)CC2=O)c(C)c1. The molecule has 0 bridgehead atoms. The Hall–Kier alpha value is -1.39. The smallest absolute Gasteiger partial charge is 0.241 e. The Morgan fingerprint density at radius 3 is 2.63 bits per heavy atom. The molecule has 4 nitrogen and oxygen atoms in total. The van der Waals surface area contributed by atoms with Gasteiger partial charge in [-0.25, -0.2) is 0 Å². The average molecular weight is 261 g/mol. The predicted molar refractivity (Wildman–Crippen MR) is 78.4 cm³/mol. The van der Waals surface area contributed by atoms with Crippen LogP contribution in [-0.2, 0) is 4.79 Å².